The summed E-state index contributed by atoms with van der Waals surface area (Å²) in [6, 6.07) is 0. The van der Waals surface area contributed by atoms with Gasteiger partial charge >= 0.3 is 0 Å². The van der Waals surface area contributed by atoms with E-state index in [0.717, 1.165) is 12.8 Å². The van der Waals surface area contributed by atoms with E-state index < -0.39 is 6.10 Å². The van der Waals surface area contributed by atoms with Gasteiger partial charge in [0.1, 0.15) is 0 Å². The third kappa shape index (κ3) is 10.8. The summed E-state index contributed by atoms with van der Waals surface area (Å²) in [5, 5.41) is 18.2. The molecule has 0 aromatic carbocycles. The summed E-state index contributed by atoms with van der Waals surface area (Å²) in [4.78, 5) is 0. The second-order valence-electron chi connectivity index (χ2n) is 5.26. The predicted molar refractivity (Wildman–Crippen MR) is 74.1 cm³/mol. The summed E-state index contributed by atoms with van der Waals surface area (Å²) in [6.07, 6.45) is 12.0. The monoisotopic (exact) mass is 244 g/mol. The van der Waals surface area contributed by atoms with Gasteiger partial charge in [-0.05, 0) is 12.3 Å². The van der Waals surface area contributed by atoms with Crippen molar-refractivity contribution in [3.05, 3.63) is 0 Å². The maximum Gasteiger partial charge on any atom is 0.0773 e. The first-order valence-corrected chi connectivity index (χ1v) is 7.53. The average Bonchev–Trinajstić information content (AvgIpc) is 2.35. The fraction of sp³-hybridized carbons (Fsp3) is 1.00. The minimum absolute atomic E-state index is 0.0898. The van der Waals surface area contributed by atoms with Gasteiger partial charge in [0, 0.05) is 0 Å². The lowest BCUT2D eigenvalue weighted by Crippen LogP contribution is -2.17. The zero-order valence-corrected chi connectivity index (χ0v) is 11.8. The van der Waals surface area contributed by atoms with E-state index in [1.54, 1.807) is 0 Å². The van der Waals surface area contributed by atoms with Gasteiger partial charge in [0.05, 0.1) is 12.7 Å². The summed E-state index contributed by atoms with van der Waals surface area (Å²) in [5.74, 6) is 0.591. The fourth-order valence-corrected chi connectivity index (χ4v) is 2.34. The Kier molecular flexibility index (Phi) is 12.3. The summed E-state index contributed by atoms with van der Waals surface area (Å²) >= 11 is 0. The van der Waals surface area contributed by atoms with Gasteiger partial charge in [0.15, 0.2) is 0 Å². The van der Waals surface area contributed by atoms with Crippen LogP contribution in [0, 0.1) is 5.92 Å². The van der Waals surface area contributed by atoms with Crippen LogP contribution in [0.5, 0.6) is 0 Å². The molecule has 2 atom stereocenters. The molecule has 0 aromatic rings. The lowest BCUT2D eigenvalue weighted by molar-refractivity contribution is 0.0717. The van der Waals surface area contributed by atoms with Gasteiger partial charge in [-0.3, -0.25) is 0 Å². The summed E-state index contributed by atoms with van der Waals surface area (Å²) < 4.78 is 0. The van der Waals surface area contributed by atoms with Gasteiger partial charge in [0.2, 0.25) is 0 Å². The van der Waals surface area contributed by atoms with Gasteiger partial charge in [-0.2, -0.15) is 0 Å². The van der Waals surface area contributed by atoms with Crippen LogP contribution in [-0.2, 0) is 0 Å². The first-order chi connectivity index (χ1) is 8.24. The first kappa shape index (κ1) is 16.9. The molecule has 0 bridgehead atoms. The molecule has 0 aromatic heterocycles. The summed E-state index contributed by atoms with van der Waals surface area (Å²) in [7, 11) is 0. The van der Waals surface area contributed by atoms with E-state index in [-0.39, 0.29) is 6.61 Å². The molecule has 0 saturated heterocycles. The zero-order valence-electron chi connectivity index (χ0n) is 11.8. The molecule has 2 N–H and O–H groups in total. The van der Waals surface area contributed by atoms with E-state index in [1.165, 1.54) is 51.4 Å². The van der Waals surface area contributed by atoms with Gasteiger partial charge in [-0.15, -0.1) is 0 Å². The minimum Gasteiger partial charge on any atom is -0.394 e. The number of aliphatic hydroxyl groups is 2. The number of rotatable bonds is 12. The predicted octanol–water partition coefficient (Wildman–Crippen LogP) is 3.90. The molecule has 2 unspecified atom stereocenters. The molecule has 2 nitrogen and oxygen atoms in total. The standard InChI is InChI=1S/C15H32O2/c1-3-5-6-7-8-9-10-11-14(4-2)12-15(17)13-16/h14-17H,3-13H2,1-2H3. The van der Waals surface area contributed by atoms with Crippen molar-refractivity contribution in [2.75, 3.05) is 6.61 Å². The van der Waals surface area contributed by atoms with Crippen LogP contribution in [0.4, 0.5) is 0 Å². The Labute approximate surface area is 107 Å². The SMILES string of the molecule is CCCCCCCCCC(CC)CC(O)CO. The average molecular weight is 244 g/mol. The highest BCUT2D eigenvalue weighted by atomic mass is 16.3. The third-order valence-corrected chi connectivity index (χ3v) is 3.61. The van der Waals surface area contributed by atoms with Crippen LogP contribution >= 0.6 is 0 Å². The van der Waals surface area contributed by atoms with E-state index in [1.807, 2.05) is 0 Å². The Morgan fingerprint density at radius 1 is 0.882 bits per heavy atom. The Morgan fingerprint density at radius 2 is 1.47 bits per heavy atom. The highest BCUT2D eigenvalue weighted by Crippen LogP contribution is 2.19. The number of hydrogen-bond acceptors (Lipinski definition) is 2. The highest BCUT2D eigenvalue weighted by molar-refractivity contribution is 4.63. The third-order valence-electron chi connectivity index (χ3n) is 3.61. The Morgan fingerprint density at radius 3 is 2.00 bits per heavy atom. The molecule has 0 heterocycles. The molecule has 0 rings (SSSR count). The maximum atomic E-state index is 9.41. The molecule has 0 aliphatic heterocycles. The topological polar surface area (TPSA) is 40.5 Å². The second-order valence-corrected chi connectivity index (χ2v) is 5.26. The van der Waals surface area contributed by atoms with Crippen LogP contribution in [-0.4, -0.2) is 22.9 Å². The van der Waals surface area contributed by atoms with Gasteiger partial charge < -0.3 is 10.2 Å². The van der Waals surface area contributed by atoms with Crippen molar-refractivity contribution in [2.45, 2.75) is 84.2 Å². The molecule has 17 heavy (non-hydrogen) atoms. The van der Waals surface area contributed by atoms with Crippen molar-refractivity contribution in [2.24, 2.45) is 5.92 Å². The Hall–Kier alpha value is -0.0800. The van der Waals surface area contributed by atoms with Crippen molar-refractivity contribution >= 4 is 0 Å². The largest absolute Gasteiger partial charge is 0.394 e. The van der Waals surface area contributed by atoms with E-state index in [0.29, 0.717) is 5.92 Å². The lowest BCUT2D eigenvalue weighted by atomic mass is 9.92. The van der Waals surface area contributed by atoms with Crippen molar-refractivity contribution in [1.82, 2.24) is 0 Å². The molecule has 2 heteroatoms. The number of unbranched alkanes of at least 4 members (excludes halogenated alkanes) is 6. The van der Waals surface area contributed by atoms with Crippen LogP contribution in [0.3, 0.4) is 0 Å². The van der Waals surface area contributed by atoms with Crippen LogP contribution < -0.4 is 0 Å². The number of aliphatic hydroxyl groups excluding tert-OH is 2. The molecule has 0 aliphatic carbocycles. The Bertz CT molecular complexity index is 148. The van der Waals surface area contributed by atoms with Crippen LogP contribution in [0.1, 0.15) is 78.1 Å². The fourth-order valence-electron chi connectivity index (χ4n) is 2.34. The molecule has 0 amide bonds. The maximum absolute atomic E-state index is 9.41. The normalized spacial score (nSPS) is 14.8. The minimum atomic E-state index is -0.510. The van der Waals surface area contributed by atoms with E-state index in [2.05, 4.69) is 13.8 Å². The molecule has 0 fully saturated rings. The van der Waals surface area contributed by atoms with Gasteiger partial charge in [-0.25, -0.2) is 0 Å². The smallest absolute Gasteiger partial charge is 0.0773 e. The molecule has 0 radical (unpaired) electrons. The van der Waals surface area contributed by atoms with Crippen molar-refractivity contribution in [1.29, 1.82) is 0 Å². The molecular formula is C15H32O2. The number of hydrogen-bond donors (Lipinski definition) is 2. The Balaban J connectivity index is 3.37. The van der Waals surface area contributed by atoms with Crippen LogP contribution in [0.25, 0.3) is 0 Å². The summed E-state index contributed by atoms with van der Waals surface area (Å²) in [6.45, 7) is 4.34. The van der Waals surface area contributed by atoms with E-state index >= 15 is 0 Å². The molecule has 0 aliphatic rings. The van der Waals surface area contributed by atoms with Crippen molar-refractivity contribution in [3.8, 4) is 0 Å². The van der Waals surface area contributed by atoms with Crippen molar-refractivity contribution in [3.63, 3.8) is 0 Å². The lowest BCUT2D eigenvalue weighted by Gasteiger charge is -2.17. The van der Waals surface area contributed by atoms with Gasteiger partial charge in [0.25, 0.3) is 0 Å². The quantitative estimate of drug-likeness (QED) is 0.511. The van der Waals surface area contributed by atoms with E-state index in [4.69, 9.17) is 5.11 Å². The first-order valence-electron chi connectivity index (χ1n) is 7.53. The van der Waals surface area contributed by atoms with E-state index in [9.17, 15) is 5.11 Å². The molecule has 0 saturated carbocycles. The van der Waals surface area contributed by atoms with Crippen LogP contribution in [0.2, 0.25) is 0 Å². The van der Waals surface area contributed by atoms with Crippen molar-refractivity contribution < 1.29 is 10.2 Å². The van der Waals surface area contributed by atoms with Crippen LogP contribution in [0.15, 0.2) is 0 Å². The zero-order chi connectivity index (χ0) is 12.9. The molecule has 0 spiro atoms. The second kappa shape index (κ2) is 12.4. The van der Waals surface area contributed by atoms with Gasteiger partial charge in [-0.1, -0.05) is 71.6 Å². The molecular weight excluding hydrogens is 212 g/mol. The highest BCUT2D eigenvalue weighted by Gasteiger charge is 2.11. The molecule has 104 valence electrons. The summed E-state index contributed by atoms with van der Waals surface area (Å²) in [5.41, 5.74) is 0.